The summed E-state index contributed by atoms with van der Waals surface area (Å²) in [6.45, 7) is 3.90. The Morgan fingerprint density at radius 2 is 1.74 bits per heavy atom. The van der Waals surface area contributed by atoms with E-state index in [-0.39, 0.29) is 0 Å². The molecule has 3 nitrogen and oxygen atoms in total. The van der Waals surface area contributed by atoms with Crippen molar-refractivity contribution in [2.45, 2.75) is 13.8 Å². The first-order valence-corrected chi connectivity index (χ1v) is 6.02. The van der Waals surface area contributed by atoms with Crippen molar-refractivity contribution in [3.05, 3.63) is 53.1 Å². The van der Waals surface area contributed by atoms with Crippen molar-refractivity contribution in [2.24, 2.45) is 0 Å². The van der Waals surface area contributed by atoms with E-state index in [0.717, 1.165) is 28.0 Å². The van der Waals surface area contributed by atoms with Crippen LogP contribution in [0, 0.1) is 13.8 Å². The van der Waals surface area contributed by atoms with Crippen molar-refractivity contribution in [1.29, 1.82) is 0 Å². The number of aryl methyl sites for hydroxylation is 2. The number of rotatable bonds is 3. The summed E-state index contributed by atoms with van der Waals surface area (Å²) in [7, 11) is 1.63. The maximum atomic E-state index is 11.3. The molecule has 2 aromatic rings. The highest BCUT2D eigenvalue weighted by Gasteiger charge is 2.14. The monoisotopic (exact) mass is 256 g/mol. The number of carboxylic acid groups (broad SMARTS) is 1. The van der Waals surface area contributed by atoms with Crippen LogP contribution in [0.2, 0.25) is 0 Å². The highest BCUT2D eigenvalue weighted by Crippen LogP contribution is 2.32. The maximum Gasteiger partial charge on any atom is 0.336 e. The average Bonchev–Trinajstić information content (AvgIpc) is 2.40. The Labute approximate surface area is 112 Å². The molecular weight excluding hydrogens is 240 g/mol. The van der Waals surface area contributed by atoms with Crippen molar-refractivity contribution < 1.29 is 14.6 Å². The van der Waals surface area contributed by atoms with Crippen molar-refractivity contribution in [1.82, 2.24) is 0 Å². The maximum absolute atomic E-state index is 11.3. The molecule has 0 aliphatic carbocycles. The lowest BCUT2D eigenvalue weighted by molar-refractivity contribution is 0.0697. The van der Waals surface area contributed by atoms with E-state index in [4.69, 9.17) is 4.74 Å². The van der Waals surface area contributed by atoms with Crippen LogP contribution in [0.4, 0.5) is 0 Å². The standard InChI is InChI=1S/C16H16O3/c1-10-9-15(19-3)11(2)8-14(10)12-6-4-5-7-13(12)16(17)18/h4-9H,1-3H3,(H,17,18). The van der Waals surface area contributed by atoms with Crippen LogP contribution in [0.1, 0.15) is 21.5 Å². The normalized spacial score (nSPS) is 10.3. The van der Waals surface area contributed by atoms with E-state index in [1.807, 2.05) is 38.1 Å². The summed E-state index contributed by atoms with van der Waals surface area (Å²) in [4.78, 5) is 11.3. The van der Waals surface area contributed by atoms with Gasteiger partial charge in [0.2, 0.25) is 0 Å². The molecule has 0 saturated heterocycles. The molecule has 3 heteroatoms. The van der Waals surface area contributed by atoms with Gasteiger partial charge in [0.05, 0.1) is 12.7 Å². The molecule has 0 amide bonds. The first kappa shape index (κ1) is 13.1. The molecule has 19 heavy (non-hydrogen) atoms. The lowest BCUT2D eigenvalue weighted by atomic mass is 9.94. The van der Waals surface area contributed by atoms with Crippen LogP contribution in [0.3, 0.4) is 0 Å². The zero-order valence-electron chi connectivity index (χ0n) is 11.2. The van der Waals surface area contributed by atoms with Gasteiger partial charge in [-0.15, -0.1) is 0 Å². The minimum absolute atomic E-state index is 0.315. The minimum Gasteiger partial charge on any atom is -0.496 e. The van der Waals surface area contributed by atoms with Gasteiger partial charge in [-0.1, -0.05) is 18.2 Å². The Morgan fingerprint density at radius 1 is 1.05 bits per heavy atom. The second kappa shape index (κ2) is 5.14. The second-order valence-electron chi connectivity index (χ2n) is 4.49. The fourth-order valence-corrected chi connectivity index (χ4v) is 2.20. The number of hydrogen-bond acceptors (Lipinski definition) is 2. The average molecular weight is 256 g/mol. The molecule has 98 valence electrons. The van der Waals surface area contributed by atoms with E-state index in [0.29, 0.717) is 5.56 Å². The summed E-state index contributed by atoms with van der Waals surface area (Å²) in [5.41, 5.74) is 3.96. The van der Waals surface area contributed by atoms with Gasteiger partial charge < -0.3 is 9.84 Å². The van der Waals surface area contributed by atoms with E-state index >= 15 is 0 Å². The molecule has 0 saturated carbocycles. The molecular formula is C16H16O3. The van der Waals surface area contributed by atoms with Gasteiger partial charge in [0.15, 0.2) is 0 Å². The Morgan fingerprint density at radius 3 is 2.37 bits per heavy atom. The van der Waals surface area contributed by atoms with Crippen molar-refractivity contribution >= 4 is 5.97 Å². The number of aromatic carboxylic acids is 1. The van der Waals surface area contributed by atoms with Crippen LogP contribution in [0.15, 0.2) is 36.4 Å². The Kier molecular flexibility index (Phi) is 3.56. The first-order valence-electron chi connectivity index (χ1n) is 6.02. The number of carboxylic acids is 1. The van der Waals surface area contributed by atoms with E-state index in [2.05, 4.69) is 0 Å². The number of carbonyl (C=O) groups is 1. The van der Waals surface area contributed by atoms with E-state index in [1.165, 1.54) is 0 Å². The van der Waals surface area contributed by atoms with E-state index < -0.39 is 5.97 Å². The quantitative estimate of drug-likeness (QED) is 0.911. The van der Waals surface area contributed by atoms with E-state index in [1.54, 1.807) is 19.2 Å². The lowest BCUT2D eigenvalue weighted by Crippen LogP contribution is -2.00. The summed E-state index contributed by atoms with van der Waals surface area (Å²) in [6.07, 6.45) is 0. The summed E-state index contributed by atoms with van der Waals surface area (Å²) >= 11 is 0. The predicted molar refractivity (Wildman–Crippen MR) is 74.9 cm³/mol. The SMILES string of the molecule is COc1cc(C)c(-c2ccccc2C(=O)O)cc1C. The number of ether oxygens (including phenoxy) is 1. The van der Waals surface area contributed by atoms with Crippen LogP contribution in [0.5, 0.6) is 5.75 Å². The number of methoxy groups -OCH3 is 1. The van der Waals surface area contributed by atoms with E-state index in [9.17, 15) is 9.90 Å². The summed E-state index contributed by atoms with van der Waals surface area (Å²) in [5.74, 6) is -0.0995. The van der Waals surface area contributed by atoms with Gasteiger partial charge in [0.25, 0.3) is 0 Å². The van der Waals surface area contributed by atoms with Gasteiger partial charge in [-0.2, -0.15) is 0 Å². The van der Waals surface area contributed by atoms with Crippen LogP contribution >= 0.6 is 0 Å². The Hall–Kier alpha value is -2.29. The fraction of sp³-hybridized carbons (Fsp3) is 0.188. The molecule has 0 fully saturated rings. The fourth-order valence-electron chi connectivity index (χ4n) is 2.20. The van der Waals surface area contributed by atoms with Gasteiger partial charge in [0, 0.05) is 0 Å². The largest absolute Gasteiger partial charge is 0.496 e. The first-order chi connectivity index (χ1) is 9.04. The van der Waals surface area contributed by atoms with Crippen LogP contribution in [0.25, 0.3) is 11.1 Å². The van der Waals surface area contributed by atoms with Gasteiger partial charge in [-0.3, -0.25) is 0 Å². The third-order valence-corrected chi connectivity index (χ3v) is 3.19. The molecule has 0 aliphatic rings. The molecule has 0 aromatic heterocycles. The topological polar surface area (TPSA) is 46.5 Å². The third-order valence-electron chi connectivity index (χ3n) is 3.19. The Balaban J connectivity index is 2.66. The molecule has 0 radical (unpaired) electrons. The zero-order chi connectivity index (χ0) is 14.0. The molecule has 0 spiro atoms. The zero-order valence-corrected chi connectivity index (χ0v) is 11.2. The van der Waals surface area contributed by atoms with Crippen LogP contribution in [-0.4, -0.2) is 18.2 Å². The molecule has 0 unspecified atom stereocenters. The summed E-state index contributed by atoms with van der Waals surface area (Å²) in [6, 6.07) is 10.9. The molecule has 2 rings (SSSR count). The highest BCUT2D eigenvalue weighted by molar-refractivity contribution is 5.96. The van der Waals surface area contributed by atoms with Crippen LogP contribution in [-0.2, 0) is 0 Å². The lowest BCUT2D eigenvalue weighted by Gasteiger charge is -2.13. The van der Waals surface area contributed by atoms with Crippen LogP contribution < -0.4 is 4.74 Å². The number of benzene rings is 2. The third kappa shape index (κ3) is 2.45. The van der Waals surface area contributed by atoms with Gasteiger partial charge in [0.1, 0.15) is 5.75 Å². The van der Waals surface area contributed by atoms with Crippen molar-refractivity contribution in [3.63, 3.8) is 0 Å². The van der Waals surface area contributed by atoms with Crippen molar-refractivity contribution in [3.8, 4) is 16.9 Å². The highest BCUT2D eigenvalue weighted by atomic mass is 16.5. The molecule has 0 bridgehead atoms. The minimum atomic E-state index is -0.913. The number of hydrogen-bond donors (Lipinski definition) is 1. The van der Waals surface area contributed by atoms with Gasteiger partial charge in [-0.25, -0.2) is 4.79 Å². The van der Waals surface area contributed by atoms with Gasteiger partial charge >= 0.3 is 5.97 Å². The smallest absolute Gasteiger partial charge is 0.336 e. The van der Waals surface area contributed by atoms with Crippen molar-refractivity contribution in [2.75, 3.05) is 7.11 Å². The summed E-state index contributed by atoms with van der Waals surface area (Å²) in [5, 5.41) is 9.26. The molecule has 0 heterocycles. The Bertz CT molecular complexity index is 630. The molecule has 0 aliphatic heterocycles. The second-order valence-corrected chi connectivity index (χ2v) is 4.49. The predicted octanol–water partition coefficient (Wildman–Crippen LogP) is 3.68. The summed E-state index contributed by atoms with van der Waals surface area (Å²) < 4.78 is 5.28. The van der Waals surface area contributed by atoms with Gasteiger partial charge in [-0.05, 0) is 54.3 Å². The molecule has 1 N–H and O–H groups in total. The molecule has 0 atom stereocenters. The molecule has 2 aromatic carbocycles.